The summed E-state index contributed by atoms with van der Waals surface area (Å²) < 4.78 is 6.57. The molecule has 0 aromatic carbocycles. The lowest BCUT2D eigenvalue weighted by atomic mass is 9.48. The van der Waals surface area contributed by atoms with Crippen LogP contribution in [0.25, 0.3) is 0 Å². The molecule has 0 unspecified atom stereocenters. The first kappa shape index (κ1) is 19.3. The maximum absolute atomic E-state index is 12.4. The van der Waals surface area contributed by atoms with Crippen LogP contribution in [0, 0.1) is 28.6 Å². The molecule has 1 heterocycles. The van der Waals surface area contributed by atoms with Crippen molar-refractivity contribution < 1.29 is 9.22 Å². The van der Waals surface area contributed by atoms with Crippen LogP contribution >= 0.6 is 0 Å². The summed E-state index contributed by atoms with van der Waals surface area (Å²) in [5.41, 5.74) is 1.87. The number of amides is 1. The number of likely N-dealkylation sites (N-methyl/N-ethyl adjacent to an activating group) is 1. The van der Waals surface area contributed by atoms with Gasteiger partial charge in [-0.25, -0.2) is 0 Å². The van der Waals surface area contributed by atoms with E-state index in [1.165, 1.54) is 37.0 Å². The highest BCUT2D eigenvalue weighted by Crippen LogP contribution is 2.65. The molecule has 5 atom stereocenters. The van der Waals surface area contributed by atoms with Gasteiger partial charge in [0.1, 0.15) is 0 Å². The fraction of sp³-hybridized carbons (Fsp3) is 0.783. The summed E-state index contributed by atoms with van der Waals surface area (Å²) in [5.74, 6) is 3.73. The lowest BCUT2D eigenvalue weighted by Gasteiger charge is -2.57. The lowest BCUT2D eigenvalue weighted by molar-refractivity contribution is -0.124. The number of nitrogens with zero attached hydrogens (tertiary/aromatic N) is 1. The first-order valence-corrected chi connectivity index (χ1v) is 14.3. The third-order valence-electron chi connectivity index (χ3n) is 8.30. The summed E-state index contributed by atoms with van der Waals surface area (Å²) >= 11 is 0. The van der Waals surface area contributed by atoms with Gasteiger partial charge in [-0.2, -0.15) is 0 Å². The Balaban J connectivity index is 1.62. The molecule has 0 bridgehead atoms. The van der Waals surface area contributed by atoms with Crippen molar-refractivity contribution in [2.24, 2.45) is 28.6 Å². The van der Waals surface area contributed by atoms with E-state index in [-0.39, 0.29) is 16.7 Å². The maximum atomic E-state index is 12.4. The summed E-state index contributed by atoms with van der Waals surface area (Å²) in [7, 11) is 0.380. The van der Waals surface area contributed by atoms with Crippen molar-refractivity contribution >= 4 is 14.2 Å². The van der Waals surface area contributed by atoms with Crippen molar-refractivity contribution in [2.45, 2.75) is 72.0 Å². The minimum absolute atomic E-state index is 0.201. The van der Waals surface area contributed by atoms with Gasteiger partial charge in [0, 0.05) is 25.1 Å². The molecule has 0 N–H and O–H groups in total. The highest BCUT2D eigenvalue weighted by atomic mass is 28.4. The Labute approximate surface area is 166 Å². The second kappa shape index (κ2) is 6.23. The van der Waals surface area contributed by atoms with Gasteiger partial charge in [-0.05, 0) is 87.4 Å². The van der Waals surface area contributed by atoms with Gasteiger partial charge in [-0.1, -0.05) is 19.4 Å². The maximum Gasteiger partial charge on any atom is 0.246 e. The number of carbonyl (C=O) groups is 1. The Morgan fingerprint density at radius 2 is 1.85 bits per heavy atom. The lowest BCUT2D eigenvalue weighted by Crippen LogP contribution is -2.50. The molecule has 0 aromatic heterocycles. The molecule has 3 aliphatic carbocycles. The van der Waals surface area contributed by atoms with E-state index >= 15 is 0 Å². The SMILES string of the molecule is CN1CC[C@@]2(C)C(=CC1=O)CC[C@@H]1[C@@H]2CC[C@]2(C)C(O[Si](C)(C)C)=CC[C@@H]12. The number of hydrogen-bond acceptors (Lipinski definition) is 2. The fourth-order valence-corrected chi connectivity index (χ4v) is 7.67. The van der Waals surface area contributed by atoms with E-state index in [1.54, 1.807) is 0 Å². The Kier molecular flexibility index (Phi) is 4.45. The number of carbonyl (C=O) groups excluding carboxylic acids is 1. The molecule has 27 heavy (non-hydrogen) atoms. The van der Waals surface area contributed by atoms with E-state index in [1.807, 2.05) is 18.0 Å². The van der Waals surface area contributed by atoms with Gasteiger partial charge in [0.15, 0.2) is 0 Å². The van der Waals surface area contributed by atoms with Crippen LogP contribution < -0.4 is 0 Å². The Morgan fingerprint density at radius 1 is 1.11 bits per heavy atom. The molecule has 150 valence electrons. The molecule has 4 aliphatic rings. The molecular weight excluding hydrogens is 350 g/mol. The van der Waals surface area contributed by atoms with Crippen molar-refractivity contribution in [1.29, 1.82) is 0 Å². The van der Waals surface area contributed by atoms with Crippen LogP contribution in [0.1, 0.15) is 52.4 Å². The number of fused-ring (bicyclic) bond motifs is 5. The van der Waals surface area contributed by atoms with Crippen LogP contribution in [0.5, 0.6) is 0 Å². The Hall–Kier alpha value is -1.03. The van der Waals surface area contributed by atoms with Gasteiger partial charge in [0.2, 0.25) is 14.2 Å². The van der Waals surface area contributed by atoms with Gasteiger partial charge < -0.3 is 9.33 Å². The summed E-state index contributed by atoms with van der Waals surface area (Å²) in [6.45, 7) is 12.7. The highest BCUT2D eigenvalue weighted by molar-refractivity contribution is 6.70. The van der Waals surface area contributed by atoms with Crippen LogP contribution in [0.4, 0.5) is 0 Å². The van der Waals surface area contributed by atoms with E-state index in [0.717, 1.165) is 37.1 Å². The van der Waals surface area contributed by atoms with Gasteiger partial charge in [-0.15, -0.1) is 0 Å². The number of allylic oxidation sites excluding steroid dienone is 3. The number of hydrogen-bond donors (Lipinski definition) is 0. The Morgan fingerprint density at radius 3 is 2.56 bits per heavy atom. The van der Waals surface area contributed by atoms with E-state index in [0.29, 0.717) is 0 Å². The molecule has 3 nitrogen and oxygen atoms in total. The third-order valence-corrected chi connectivity index (χ3v) is 9.13. The molecular formula is C23H37NO2Si. The minimum atomic E-state index is -1.57. The van der Waals surface area contributed by atoms with E-state index in [4.69, 9.17) is 4.43 Å². The van der Waals surface area contributed by atoms with E-state index in [9.17, 15) is 4.79 Å². The van der Waals surface area contributed by atoms with Crippen LogP contribution in [0.3, 0.4) is 0 Å². The molecule has 4 heteroatoms. The fourth-order valence-electron chi connectivity index (χ4n) is 6.70. The van der Waals surface area contributed by atoms with Crippen LogP contribution in [0.2, 0.25) is 19.6 Å². The molecule has 1 amide bonds. The van der Waals surface area contributed by atoms with E-state index < -0.39 is 8.32 Å². The number of rotatable bonds is 2. The molecule has 2 fully saturated rings. The standard InChI is InChI=1S/C23H37NO2Si/c1-22-13-14-24(3)21(25)15-16(22)7-8-17-18-9-10-20(26-27(4,5)6)23(18,2)12-11-19(17)22/h10,15,17-19H,7-9,11-14H2,1-6H3/t17-,18-,19-,22-,23-/m0/s1. The second-order valence-corrected chi connectivity index (χ2v) is 15.4. The van der Waals surface area contributed by atoms with Crippen molar-refractivity contribution in [3.8, 4) is 0 Å². The Bertz CT molecular complexity index is 706. The second-order valence-electron chi connectivity index (χ2n) is 11.0. The zero-order chi connectivity index (χ0) is 19.6. The summed E-state index contributed by atoms with van der Waals surface area (Å²) in [4.78, 5) is 14.3. The van der Waals surface area contributed by atoms with Crippen molar-refractivity contribution in [3.05, 3.63) is 23.5 Å². The van der Waals surface area contributed by atoms with Crippen LogP contribution in [0.15, 0.2) is 23.5 Å². The molecule has 2 saturated carbocycles. The normalized spacial score (nSPS) is 41.8. The van der Waals surface area contributed by atoms with Gasteiger partial charge in [0.25, 0.3) is 0 Å². The van der Waals surface area contributed by atoms with Crippen molar-refractivity contribution in [3.63, 3.8) is 0 Å². The average molecular weight is 388 g/mol. The van der Waals surface area contributed by atoms with Crippen molar-refractivity contribution in [2.75, 3.05) is 13.6 Å². The van der Waals surface area contributed by atoms with E-state index in [2.05, 4.69) is 39.6 Å². The zero-order valence-electron chi connectivity index (χ0n) is 18.1. The smallest absolute Gasteiger partial charge is 0.246 e. The van der Waals surface area contributed by atoms with Gasteiger partial charge in [-0.3, -0.25) is 4.79 Å². The first-order valence-electron chi connectivity index (χ1n) is 10.9. The zero-order valence-corrected chi connectivity index (χ0v) is 19.1. The quantitative estimate of drug-likeness (QED) is 0.597. The summed E-state index contributed by atoms with van der Waals surface area (Å²) in [6, 6.07) is 0. The molecule has 4 rings (SSSR count). The van der Waals surface area contributed by atoms with Gasteiger partial charge >= 0.3 is 0 Å². The van der Waals surface area contributed by atoms with Gasteiger partial charge in [0.05, 0.1) is 5.76 Å². The van der Waals surface area contributed by atoms with Crippen molar-refractivity contribution in [1.82, 2.24) is 4.90 Å². The third kappa shape index (κ3) is 3.03. The predicted octanol–water partition coefficient (Wildman–Crippen LogP) is 5.36. The predicted molar refractivity (Wildman–Crippen MR) is 113 cm³/mol. The van der Waals surface area contributed by atoms with Crippen LogP contribution in [-0.2, 0) is 9.22 Å². The first-order chi connectivity index (χ1) is 12.5. The average Bonchev–Trinajstić information content (AvgIpc) is 2.84. The van der Waals surface area contributed by atoms with Crippen LogP contribution in [-0.4, -0.2) is 32.7 Å². The molecule has 0 radical (unpaired) electrons. The molecule has 0 spiro atoms. The highest BCUT2D eigenvalue weighted by Gasteiger charge is 2.57. The molecule has 0 saturated heterocycles. The minimum Gasteiger partial charge on any atom is -0.547 e. The molecule has 1 aliphatic heterocycles. The largest absolute Gasteiger partial charge is 0.547 e. The monoisotopic (exact) mass is 387 g/mol. The topological polar surface area (TPSA) is 29.5 Å². The summed E-state index contributed by atoms with van der Waals surface area (Å²) in [6.07, 6.45) is 11.6. The molecule has 0 aromatic rings. The summed E-state index contributed by atoms with van der Waals surface area (Å²) in [5, 5.41) is 0.